The van der Waals surface area contributed by atoms with Crippen molar-refractivity contribution in [3.63, 3.8) is 0 Å². The summed E-state index contributed by atoms with van der Waals surface area (Å²) in [5, 5.41) is 6.90. The lowest BCUT2D eigenvalue weighted by atomic mass is 9.97. The molecule has 2 heterocycles. The number of aromatic nitrogens is 2. The standard InChI is InChI=1S/C12H18F3N3/c1-9-8-16-17-11(9)10-4-2-3-6-18(10)7-5-12(13,14)15/h8,10H,2-7H2,1H3,(H,16,17). The predicted molar refractivity (Wildman–Crippen MR) is 62.2 cm³/mol. The monoisotopic (exact) mass is 261 g/mol. The van der Waals surface area contributed by atoms with Crippen LogP contribution >= 0.6 is 0 Å². The van der Waals surface area contributed by atoms with Crippen molar-refractivity contribution in [2.75, 3.05) is 13.1 Å². The largest absolute Gasteiger partial charge is 0.390 e. The molecule has 0 spiro atoms. The SMILES string of the molecule is Cc1cn[nH]c1C1CCCCN1CCC(F)(F)F. The predicted octanol–water partition coefficient (Wildman–Crippen LogP) is 3.20. The van der Waals surface area contributed by atoms with E-state index in [0.29, 0.717) is 0 Å². The number of nitrogens with zero attached hydrogens (tertiary/aromatic N) is 2. The fraction of sp³-hybridized carbons (Fsp3) is 0.750. The van der Waals surface area contributed by atoms with Crippen molar-refractivity contribution in [1.82, 2.24) is 15.1 Å². The Balaban J connectivity index is 2.05. The molecule has 0 aliphatic carbocycles. The zero-order valence-electron chi connectivity index (χ0n) is 10.4. The molecule has 0 bridgehead atoms. The second-order valence-corrected chi connectivity index (χ2v) is 4.88. The molecule has 102 valence electrons. The van der Waals surface area contributed by atoms with Crippen LogP contribution < -0.4 is 0 Å². The topological polar surface area (TPSA) is 31.9 Å². The lowest BCUT2D eigenvalue weighted by Gasteiger charge is -2.35. The minimum Gasteiger partial charge on any atom is -0.294 e. The molecule has 1 aromatic rings. The third-order valence-corrected chi connectivity index (χ3v) is 3.50. The average molecular weight is 261 g/mol. The van der Waals surface area contributed by atoms with Crippen LogP contribution in [0.25, 0.3) is 0 Å². The number of H-pyrrole nitrogens is 1. The Hall–Kier alpha value is -1.04. The van der Waals surface area contributed by atoms with Gasteiger partial charge in [-0.05, 0) is 31.9 Å². The minimum absolute atomic E-state index is 0.0589. The van der Waals surface area contributed by atoms with Crippen molar-refractivity contribution >= 4 is 0 Å². The highest BCUT2D eigenvalue weighted by atomic mass is 19.4. The smallest absolute Gasteiger partial charge is 0.294 e. The molecular weight excluding hydrogens is 243 g/mol. The summed E-state index contributed by atoms with van der Waals surface area (Å²) in [6.45, 7) is 2.75. The van der Waals surface area contributed by atoms with Crippen LogP contribution in [-0.2, 0) is 0 Å². The van der Waals surface area contributed by atoms with Gasteiger partial charge in [-0.2, -0.15) is 18.3 Å². The number of hydrogen-bond donors (Lipinski definition) is 1. The third kappa shape index (κ3) is 3.25. The highest BCUT2D eigenvalue weighted by molar-refractivity contribution is 5.18. The van der Waals surface area contributed by atoms with Gasteiger partial charge in [0.15, 0.2) is 0 Å². The maximum absolute atomic E-state index is 12.3. The summed E-state index contributed by atoms with van der Waals surface area (Å²) < 4.78 is 36.9. The Bertz CT molecular complexity index is 386. The molecule has 0 aromatic carbocycles. The van der Waals surface area contributed by atoms with Crippen LogP contribution in [0.3, 0.4) is 0 Å². The summed E-state index contributed by atoms with van der Waals surface area (Å²) in [6, 6.07) is 0.0589. The molecule has 0 radical (unpaired) electrons. The minimum atomic E-state index is -4.08. The van der Waals surface area contributed by atoms with Crippen LogP contribution in [0.5, 0.6) is 0 Å². The van der Waals surface area contributed by atoms with Gasteiger partial charge in [0.25, 0.3) is 0 Å². The molecule has 1 atom stereocenters. The molecule has 1 aliphatic rings. The van der Waals surface area contributed by atoms with Gasteiger partial charge in [-0.25, -0.2) is 0 Å². The maximum Gasteiger partial charge on any atom is 0.390 e. The number of rotatable bonds is 3. The summed E-state index contributed by atoms with van der Waals surface area (Å²) in [7, 11) is 0. The van der Waals surface area contributed by atoms with Crippen LogP contribution in [0.1, 0.15) is 43.0 Å². The Morgan fingerprint density at radius 3 is 2.83 bits per heavy atom. The van der Waals surface area contributed by atoms with E-state index in [9.17, 15) is 13.2 Å². The van der Waals surface area contributed by atoms with Gasteiger partial charge in [-0.3, -0.25) is 10.00 Å². The lowest BCUT2D eigenvalue weighted by Crippen LogP contribution is -2.36. The zero-order chi connectivity index (χ0) is 13.2. The number of aryl methyl sites for hydroxylation is 1. The summed E-state index contributed by atoms with van der Waals surface area (Å²) in [4.78, 5) is 1.93. The van der Waals surface area contributed by atoms with Gasteiger partial charge in [-0.1, -0.05) is 6.42 Å². The highest BCUT2D eigenvalue weighted by Gasteiger charge is 2.32. The van der Waals surface area contributed by atoms with Crippen LogP contribution in [0.4, 0.5) is 13.2 Å². The number of nitrogens with one attached hydrogen (secondary N) is 1. The van der Waals surface area contributed by atoms with Gasteiger partial charge in [0.1, 0.15) is 0 Å². The van der Waals surface area contributed by atoms with Crippen molar-refractivity contribution in [1.29, 1.82) is 0 Å². The van der Waals surface area contributed by atoms with Crippen molar-refractivity contribution in [2.24, 2.45) is 0 Å². The average Bonchev–Trinajstić information content (AvgIpc) is 2.72. The molecule has 1 fully saturated rings. The quantitative estimate of drug-likeness (QED) is 0.906. The molecule has 0 amide bonds. The van der Waals surface area contributed by atoms with E-state index in [1.54, 1.807) is 6.20 Å². The van der Waals surface area contributed by atoms with E-state index in [0.717, 1.165) is 37.1 Å². The molecule has 1 saturated heterocycles. The van der Waals surface area contributed by atoms with Gasteiger partial charge in [0, 0.05) is 6.54 Å². The molecule has 6 heteroatoms. The molecule has 0 saturated carbocycles. The maximum atomic E-state index is 12.3. The molecule has 1 unspecified atom stereocenters. The van der Waals surface area contributed by atoms with Gasteiger partial charge < -0.3 is 0 Å². The summed E-state index contributed by atoms with van der Waals surface area (Å²) in [5.41, 5.74) is 2.00. The Kier molecular flexibility index (Phi) is 3.94. The second-order valence-electron chi connectivity index (χ2n) is 4.88. The first-order chi connectivity index (χ1) is 8.47. The first kappa shape index (κ1) is 13.4. The first-order valence-electron chi connectivity index (χ1n) is 6.28. The first-order valence-corrected chi connectivity index (χ1v) is 6.28. The molecule has 1 aromatic heterocycles. The summed E-state index contributed by atoms with van der Waals surface area (Å²) in [5.74, 6) is 0. The van der Waals surface area contributed by atoms with Crippen LogP contribution in [0.15, 0.2) is 6.20 Å². The Morgan fingerprint density at radius 2 is 2.22 bits per heavy atom. The molecule has 1 N–H and O–H groups in total. The molecule has 18 heavy (non-hydrogen) atoms. The van der Waals surface area contributed by atoms with E-state index >= 15 is 0 Å². The molecular formula is C12H18F3N3. The normalized spacial score (nSPS) is 22.3. The van der Waals surface area contributed by atoms with Gasteiger partial charge in [-0.15, -0.1) is 0 Å². The number of alkyl halides is 3. The van der Waals surface area contributed by atoms with E-state index in [2.05, 4.69) is 10.2 Å². The fourth-order valence-electron chi connectivity index (χ4n) is 2.55. The molecule has 1 aliphatic heterocycles. The van der Waals surface area contributed by atoms with Gasteiger partial charge in [0.05, 0.1) is 24.4 Å². The van der Waals surface area contributed by atoms with E-state index in [-0.39, 0.29) is 12.6 Å². The van der Waals surface area contributed by atoms with E-state index < -0.39 is 12.6 Å². The summed E-state index contributed by atoms with van der Waals surface area (Å²) >= 11 is 0. The Labute approximate surface area is 104 Å². The second kappa shape index (κ2) is 5.30. The zero-order valence-corrected chi connectivity index (χ0v) is 10.4. The van der Waals surface area contributed by atoms with Crippen molar-refractivity contribution in [3.8, 4) is 0 Å². The van der Waals surface area contributed by atoms with Crippen LogP contribution in [-0.4, -0.2) is 34.4 Å². The van der Waals surface area contributed by atoms with E-state index in [1.165, 1.54) is 0 Å². The van der Waals surface area contributed by atoms with E-state index in [4.69, 9.17) is 0 Å². The molecule has 3 nitrogen and oxygen atoms in total. The summed E-state index contributed by atoms with van der Waals surface area (Å²) in [6.07, 6.45) is -0.151. The van der Waals surface area contributed by atoms with Gasteiger partial charge >= 0.3 is 6.18 Å². The van der Waals surface area contributed by atoms with Crippen LogP contribution in [0.2, 0.25) is 0 Å². The van der Waals surface area contributed by atoms with Crippen LogP contribution in [0, 0.1) is 6.92 Å². The van der Waals surface area contributed by atoms with Crippen molar-refractivity contribution in [3.05, 3.63) is 17.5 Å². The Morgan fingerprint density at radius 1 is 1.44 bits per heavy atom. The highest BCUT2D eigenvalue weighted by Crippen LogP contribution is 2.32. The number of aromatic amines is 1. The molecule has 2 rings (SSSR count). The number of hydrogen-bond acceptors (Lipinski definition) is 2. The fourth-order valence-corrected chi connectivity index (χ4v) is 2.55. The van der Waals surface area contributed by atoms with Gasteiger partial charge in [0.2, 0.25) is 0 Å². The third-order valence-electron chi connectivity index (χ3n) is 3.50. The number of likely N-dealkylation sites (tertiary alicyclic amines) is 1. The lowest BCUT2D eigenvalue weighted by molar-refractivity contribution is -0.140. The number of halogens is 3. The van der Waals surface area contributed by atoms with E-state index in [1.807, 2.05) is 11.8 Å². The number of piperidine rings is 1. The van der Waals surface area contributed by atoms with Crippen molar-refractivity contribution < 1.29 is 13.2 Å². The van der Waals surface area contributed by atoms with Crippen molar-refractivity contribution in [2.45, 2.75) is 44.8 Å².